The molecule has 2 nitrogen and oxygen atoms in total. The SMILES string of the molecule is CC(C)c1ccc(C(=O)NC(C)C(C)CCl)cc1. The van der Waals surface area contributed by atoms with Crippen LogP contribution in [0.2, 0.25) is 0 Å². The molecule has 0 fully saturated rings. The average molecular weight is 268 g/mol. The molecule has 0 bridgehead atoms. The Hall–Kier alpha value is -1.02. The summed E-state index contributed by atoms with van der Waals surface area (Å²) in [6.45, 7) is 8.28. The van der Waals surface area contributed by atoms with Crippen LogP contribution in [0, 0.1) is 5.92 Å². The molecular weight excluding hydrogens is 246 g/mol. The molecule has 1 N–H and O–H groups in total. The smallest absolute Gasteiger partial charge is 0.251 e. The van der Waals surface area contributed by atoms with Crippen LogP contribution in [0.5, 0.6) is 0 Å². The van der Waals surface area contributed by atoms with Crippen LogP contribution in [0.4, 0.5) is 0 Å². The Labute approximate surface area is 115 Å². The Morgan fingerprint density at radius 1 is 1.17 bits per heavy atom. The number of benzene rings is 1. The topological polar surface area (TPSA) is 29.1 Å². The molecule has 1 aromatic carbocycles. The van der Waals surface area contributed by atoms with E-state index in [1.165, 1.54) is 5.56 Å². The van der Waals surface area contributed by atoms with Crippen molar-refractivity contribution in [1.29, 1.82) is 0 Å². The van der Waals surface area contributed by atoms with Gasteiger partial charge in [0.15, 0.2) is 0 Å². The van der Waals surface area contributed by atoms with Gasteiger partial charge in [0, 0.05) is 17.5 Å². The Morgan fingerprint density at radius 3 is 2.17 bits per heavy atom. The van der Waals surface area contributed by atoms with E-state index in [2.05, 4.69) is 19.2 Å². The normalized spacial score (nSPS) is 14.3. The van der Waals surface area contributed by atoms with Crippen LogP contribution in [0.3, 0.4) is 0 Å². The molecular formula is C15H22ClNO. The minimum absolute atomic E-state index is 0.0326. The average Bonchev–Trinajstić information content (AvgIpc) is 2.37. The van der Waals surface area contributed by atoms with Crippen molar-refractivity contribution in [3.05, 3.63) is 35.4 Å². The van der Waals surface area contributed by atoms with Gasteiger partial charge in [-0.15, -0.1) is 11.6 Å². The van der Waals surface area contributed by atoms with E-state index >= 15 is 0 Å². The first-order valence-corrected chi connectivity index (χ1v) is 6.96. The zero-order valence-electron chi connectivity index (χ0n) is 11.5. The standard InChI is InChI=1S/C15H22ClNO/c1-10(2)13-5-7-14(8-6-13)15(18)17-12(4)11(3)9-16/h5-8,10-12H,9H2,1-4H3,(H,17,18). The van der Waals surface area contributed by atoms with Gasteiger partial charge in [0.2, 0.25) is 0 Å². The Kier molecular flexibility index (Phi) is 5.67. The van der Waals surface area contributed by atoms with E-state index in [-0.39, 0.29) is 17.9 Å². The third-order valence-corrected chi connectivity index (χ3v) is 3.78. The van der Waals surface area contributed by atoms with Crippen molar-refractivity contribution in [3.8, 4) is 0 Å². The molecule has 0 saturated heterocycles. The summed E-state index contributed by atoms with van der Waals surface area (Å²) in [7, 11) is 0. The van der Waals surface area contributed by atoms with Crippen LogP contribution in [0.25, 0.3) is 0 Å². The quantitative estimate of drug-likeness (QED) is 0.808. The number of carbonyl (C=O) groups is 1. The lowest BCUT2D eigenvalue weighted by atomic mass is 10.0. The fourth-order valence-corrected chi connectivity index (χ4v) is 1.85. The van der Waals surface area contributed by atoms with Crippen molar-refractivity contribution in [2.45, 2.75) is 39.7 Å². The molecule has 18 heavy (non-hydrogen) atoms. The van der Waals surface area contributed by atoms with Gasteiger partial charge in [0.05, 0.1) is 0 Å². The van der Waals surface area contributed by atoms with Crippen LogP contribution in [-0.2, 0) is 0 Å². The van der Waals surface area contributed by atoms with Crippen LogP contribution >= 0.6 is 11.6 Å². The molecule has 1 amide bonds. The number of rotatable bonds is 5. The van der Waals surface area contributed by atoms with Gasteiger partial charge in [-0.05, 0) is 36.5 Å². The molecule has 0 saturated carbocycles. The molecule has 0 aliphatic rings. The summed E-state index contributed by atoms with van der Waals surface area (Å²) in [4.78, 5) is 12.0. The highest BCUT2D eigenvalue weighted by Gasteiger charge is 2.15. The van der Waals surface area contributed by atoms with Crippen molar-refractivity contribution >= 4 is 17.5 Å². The molecule has 0 heterocycles. The summed E-state index contributed by atoms with van der Waals surface area (Å²) >= 11 is 5.78. The highest BCUT2D eigenvalue weighted by molar-refractivity contribution is 6.18. The third kappa shape index (κ3) is 4.02. The fraction of sp³-hybridized carbons (Fsp3) is 0.533. The lowest BCUT2D eigenvalue weighted by Crippen LogP contribution is -2.37. The van der Waals surface area contributed by atoms with E-state index in [1.54, 1.807) is 0 Å². The van der Waals surface area contributed by atoms with Crippen molar-refractivity contribution in [2.24, 2.45) is 5.92 Å². The molecule has 0 spiro atoms. The van der Waals surface area contributed by atoms with Gasteiger partial charge < -0.3 is 5.32 Å². The van der Waals surface area contributed by atoms with E-state index in [0.717, 1.165) is 0 Å². The first-order valence-electron chi connectivity index (χ1n) is 6.42. The molecule has 1 rings (SSSR count). The summed E-state index contributed by atoms with van der Waals surface area (Å²) in [5, 5.41) is 2.97. The minimum Gasteiger partial charge on any atom is -0.349 e. The third-order valence-electron chi connectivity index (χ3n) is 3.30. The second-order valence-electron chi connectivity index (χ2n) is 5.17. The molecule has 0 aliphatic heterocycles. The predicted octanol–water partition coefficient (Wildman–Crippen LogP) is 3.80. The molecule has 100 valence electrons. The summed E-state index contributed by atoms with van der Waals surface area (Å²) in [5.41, 5.74) is 1.95. The van der Waals surface area contributed by atoms with Crippen LogP contribution in [0.1, 0.15) is 49.5 Å². The van der Waals surface area contributed by atoms with E-state index in [9.17, 15) is 4.79 Å². The number of carbonyl (C=O) groups excluding carboxylic acids is 1. The van der Waals surface area contributed by atoms with Crippen LogP contribution in [-0.4, -0.2) is 17.8 Å². The van der Waals surface area contributed by atoms with E-state index in [1.807, 2.05) is 38.1 Å². The van der Waals surface area contributed by atoms with Gasteiger partial charge in [-0.1, -0.05) is 32.9 Å². The maximum atomic E-state index is 12.0. The van der Waals surface area contributed by atoms with E-state index in [0.29, 0.717) is 17.4 Å². The number of hydrogen-bond donors (Lipinski definition) is 1. The van der Waals surface area contributed by atoms with Gasteiger partial charge in [-0.2, -0.15) is 0 Å². The Balaban J connectivity index is 2.67. The van der Waals surface area contributed by atoms with Crippen molar-refractivity contribution in [2.75, 3.05) is 5.88 Å². The first kappa shape index (κ1) is 15.0. The number of hydrogen-bond acceptors (Lipinski definition) is 1. The van der Waals surface area contributed by atoms with Crippen molar-refractivity contribution in [3.63, 3.8) is 0 Å². The number of nitrogens with one attached hydrogen (secondary N) is 1. The summed E-state index contributed by atoms with van der Waals surface area (Å²) in [6.07, 6.45) is 0. The highest BCUT2D eigenvalue weighted by atomic mass is 35.5. The van der Waals surface area contributed by atoms with Gasteiger partial charge in [0.25, 0.3) is 5.91 Å². The molecule has 0 aliphatic carbocycles. The van der Waals surface area contributed by atoms with Crippen LogP contribution in [0.15, 0.2) is 24.3 Å². The summed E-state index contributed by atoms with van der Waals surface area (Å²) < 4.78 is 0. The van der Waals surface area contributed by atoms with Gasteiger partial charge in [-0.3, -0.25) is 4.79 Å². The van der Waals surface area contributed by atoms with E-state index < -0.39 is 0 Å². The summed E-state index contributed by atoms with van der Waals surface area (Å²) in [5.74, 6) is 1.27. The molecule has 0 radical (unpaired) electrons. The monoisotopic (exact) mass is 267 g/mol. The van der Waals surface area contributed by atoms with Crippen LogP contribution < -0.4 is 5.32 Å². The fourth-order valence-electron chi connectivity index (χ4n) is 1.59. The molecule has 2 unspecified atom stereocenters. The maximum absolute atomic E-state index is 12.0. The second kappa shape index (κ2) is 6.79. The van der Waals surface area contributed by atoms with Crippen molar-refractivity contribution in [1.82, 2.24) is 5.32 Å². The van der Waals surface area contributed by atoms with Gasteiger partial charge >= 0.3 is 0 Å². The molecule has 1 aromatic rings. The zero-order chi connectivity index (χ0) is 13.7. The van der Waals surface area contributed by atoms with E-state index in [4.69, 9.17) is 11.6 Å². The Bertz CT molecular complexity index is 386. The largest absolute Gasteiger partial charge is 0.349 e. The lowest BCUT2D eigenvalue weighted by molar-refractivity contribution is 0.0931. The molecule has 3 heteroatoms. The maximum Gasteiger partial charge on any atom is 0.251 e. The lowest BCUT2D eigenvalue weighted by Gasteiger charge is -2.19. The van der Waals surface area contributed by atoms with Gasteiger partial charge in [0.1, 0.15) is 0 Å². The summed E-state index contributed by atoms with van der Waals surface area (Å²) in [6, 6.07) is 7.86. The number of alkyl halides is 1. The second-order valence-corrected chi connectivity index (χ2v) is 5.48. The minimum atomic E-state index is -0.0326. The first-order chi connectivity index (χ1) is 8.45. The molecule has 0 aromatic heterocycles. The zero-order valence-corrected chi connectivity index (χ0v) is 12.3. The Morgan fingerprint density at radius 2 is 1.72 bits per heavy atom. The predicted molar refractivity (Wildman–Crippen MR) is 77.3 cm³/mol. The molecule has 2 atom stereocenters. The van der Waals surface area contributed by atoms with Gasteiger partial charge in [-0.25, -0.2) is 0 Å². The van der Waals surface area contributed by atoms with Crippen molar-refractivity contribution < 1.29 is 4.79 Å². The number of halogens is 1. The highest BCUT2D eigenvalue weighted by Crippen LogP contribution is 2.15. The number of amides is 1.